The van der Waals surface area contributed by atoms with E-state index in [1.165, 1.54) is 12.3 Å². The van der Waals surface area contributed by atoms with Crippen LogP contribution in [0, 0.1) is 0 Å². The van der Waals surface area contributed by atoms with E-state index >= 15 is 0 Å². The summed E-state index contributed by atoms with van der Waals surface area (Å²) < 4.78 is 1.14. The lowest BCUT2D eigenvalue weighted by molar-refractivity contribution is -0.122. The number of H-pyrrole nitrogens is 1. The molecule has 7 heteroatoms. The summed E-state index contributed by atoms with van der Waals surface area (Å²) in [6, 6.07) is 17.5. The summed E-state index contributed by atoms with van der Waals surface area (Å²) in [5.74, 6) is -0.358. The van der Waals surface area contributed by atoms with Crippen molar-refractivity contribution in [2.75, 3.05) is 0 Å². The fourth-order valence-corrected chi connectivity index (χ4v) is 2.72. The van der Waals surface area contributed by atoms with Crippen molar-refractivity contribution in [1.82, 2.24) is 14.9 Å². The second-order valence-corrected chi connectivity index (χ2v) is 6.14. The van der Waals surface area contributed by atoms with Crippen molar-refractivity contribution in [2.45, 2.75) is 12.6 Å². The van der Waals surface area contributed by atoms with Gasteiger partial charge in [-0.25, -0.2) is 4.79 Å². The van der Waals surface area contributed by atoms with Crippen LogP contribution in [-0.2, 0) is 11.3 Å². The highest BCUT2D eigenvalue weighted by Gasteiger charge is 2.17. The van der Waals surface area contributed by atoms with Crippen LogP contribution < -0.4 is 16.6 Å². The van der Waals surface area contributed by atoms with Crippen LogP contribution >= 0.6 is 11.6 Å². The zero-order valence-electron chi connectivity index (χ0n) is 13.7. The molecular formula is C19H16ClN3O3. The van der Waals surface area contributed by atoms with E-state index in [1.807, 2.05) is 42.5 Å². The van der Waals surface area contributed by atoms with Crippen molar-refractivity contribution in [2.24, 2.45) is 0 Å². The van der Waals surface area contributed by atoms with Crippen molar-refractivity contribution in [1.29, 1.82) is 0 Å². The molecule has 6 nitrogen and oxygen atoms in total. The summed E-state index contributed by atoms with van der Waals surface area (Å²) in [6.07, 6.45) is 1.29. The van der Waals surface area contributed by atoms with Crippen molar-refractivity contribution >= 4 is 17.5 Å². The minimum absolute atomic E-state index is 0.202. The molecule has 1 aromatic heterocycles. The third-order valence-electron chi connectivity index (χ3n) is 3.85. The van der Waals surface area contributed by atoms with Gasteiger partial charge in [-0.3, -0.25) is 19.1 Å². The Morgan fingerprint density at radius 1 is 1.00 bits per heavy atom. The first-order chi connectivity index (χ1) is 12.5. The van der Waals surface area contributed by atoms with Gasteiger partial charge < -0.3 is 5.32 Å². The van der Waals surface area contributed by atoms with Crippen LogP contribution in [-0.4, -0.2) is 15.5 Å². The molecule has 1 atom stereocenters. The van der Waals surface area contributed by atoms with E-state index < -0.39 is 11.2 Å². The van der Waals surface area contributed by atoms with Gasteiger partial charge in [0.25, 0.3) is 5.56 Å². The van der Waals surface area contributed by atoms with Crippen LogP contribution in [0.25, 0.3) is 0 Å². The Balaban J connectivity index is 1.85. The molecule has 0 radical (unpaired) electrons. The predicted octanol–water partition coefficient (Wildman–Crippen LogP) is 2.10. The van der Waals surface area contributed by atoms with Crippen LogP contribution in [0.4, 0.5) is 0 Å². The van der Waals surface area contributed by atoms with Gasteiger partial charge in [-0.1, -0.05) is 54.1 Å². The average molecular weight is 370 g/mol. The SMILES string of the molecule is O=C(Cn1ccc(=O)[nH]c1=O)N[C@H](c1ccccc1)c1ccc(Cl)cc1. The number of hydrogen-bond acceptors (Lipinski definition) is 3. The van der Waals surface area contributed by atoms with Gasteiger partial charge in [0.05, 0.1) is 6.04 Å². The van der Waals surface area contributed by atoms with Gasteiger partial charge in [0.1, 0.15) is 6.54 Å². The Labute approximate surface area is 154 Å². The Kier molecular flexibility index (Phi) is 5.34. The van der Waals surface area contributed by atoms with E-state index in [-0.39, 0.29) is 18.5 Å². The lowest BCUT2D eigenvalue weighted by Gasteiger charge is -2.20. The number of nitrogens with one attached hydrogen (secondary N) is 2. The van der Waals surface area contributed by atoms with Crippen LogP contribution in [0.15, 0.2) is 76.4 Å². The molecule has 1 heterocycles. The number of nitrogens with zero attached hydrogens (tertiary/aromatic N) is 1. The van der Waals surface area contributed by atoms with Gasteiger partial charge in [0, 0.05) is 17.3 Å². The third kappa shape index (κ3) is 4.29. The van der Waals surface area contributed by atoms with Crippen molar-refractivity contribution in [3.63, 3.8) is 0 Å². The predicted molar refractivity (Wildman–Crippen MR) is 99.2 cm³/mol. The van der Waals surface area contributed by atoms with Crippen LogP contribution in [0.2, 0.25) is 5.02 Å². The summed E-state index contributed by atoms with van der Waals surface area (Å²) in [7, 11) is 0. The molecule has 0 saturated heterocycles. The largest absolute Gasteiger partial charge is 0.344 e. The minimum Gasteiger partial charge on any atom is -0.344 e. The fraction of sp³-hybridized carbons (Fsp3) is 0.105. The number of benzene rings is 2. The molecule has 2 N–H and O–H groups in total. The maximum Gasteiger partial charge on any atom is 0.328 e. The first-order valence-electron chi connectivity index (χ1n) is 7.92. The number of amides is 1. The molecule has 0 fully saturated rings. The first kappa shape index (κ1) is 17.7. The molecular weight excluding hydrogens is 354 g/mol. The van der Waals surface area contributed by atoms with Gasteiger partial charge in [0.15, 0.2) is 0 Å². The lowest BCUT2D eigenvalue weighted by Crippen LogP contribution is -2.37. The van der Waals surface area contributed by atoms with Gasteiger partial charge in [-0.2, -0.15) is 0 Å². The molecule has 3 rings (SSSR count). The van der Waals surface area contributed by atoms with Crippen molar-refractivity contribution in [3.05, 3.63) is 104 Å². The molecule has 1 amide bonds. The highest BCUT2D eigenvalue weighted by Crippen LogP contribution is 2.23. The molecule has 0 saturated carbocycles. The Morgan fingerprint density at radius 3 is 2.31 bits per heavy atom. The van der Waals surface area contributed by atoms with Gasteiger partial charge in [-0.15, -0.1) is 0 Å². The number of carbonyl (C=O) groups excluding carboxylic acids is 1. The molecule has 0 bridgehead atoms. The van der Waals surface area contributed by atoms with Gasteiger partial charge in [-0.05, 0) is 23.3 Å². The minimum atomic E-state index is -0.629. The molecule has 2 aromatic carbocycles. The maximum absolute atomic E-state index is 12.5. The molecule has 0 aliphatic rings. The van der Waals surface area contributed by atoms with Gasteiger partial charge in [0.2, 0.25) is 5.91 Å². The number of aromatic amines is 1. The van der Waals surface area contributed by atoms with E-state index in [1.54, 1.807) is 12.1 Å². The van der Waals surface area contributed by atoms with Gasteiger partial charge >= 0.3 is 5.69 Å². The maximum atomic E-state index is 12.5. The topological polar surface area (TPSA) is 84.0 Å². The number of aromatic nitrogens is 2. The number of rotatable bonds is 5. The summed E-state index contributed by atoms with van der Waals surface area (Å²) in [6.45, 7) is -0.202. The number of hydrogen-bond donors (Lipinski definition) is 2. The average Bonchev–Trinajstić information content (AvgIpc) is 2.64. The van der Waals surface area contributed by atoms with Crippen molar-refractivity contribution < 1.29 is 4.79 Å². The number of halogens is 1. The second-order valence-electron chi connectivity index (χ2n) is 5.70. The monoisotopic (exact) mass is 369 g/mol. The smallest absolute Gasteiger partial charge is 0.328 e. The molecule has 26 heavy (non-hydrogen) atoms. The Hall–Kier alpha value is -3.12. The second kappa shape index (κ2) is 7.84. The molecule has 0 spiro atoms. The molecule has 132 valence electrons. The van der Waals surface area contributed by atoms with E-state index in [4.69, 9.17) is 11.6 Å². The standard InChI is InChI=1S/C19H16ClN3O3/c20-15-8-6-14(7-9-15)18(13-4-2-1-3-5-13)21-17(25)12-23-11-10-16(24)22-19(23)26/h1-11,18H,12H2,(H,21,25)(H,22,24,26)/t18-/m1/s1. The summed E-state index contributed by atoms with van der Waals surface area (Å²) in [4.78, 5) is 37.5. The van der Waals surface area contributed by atoms with E-state index in [2.05, 4.69) is 10.3 Å². The first-order valence-corrected chi connectivity index (χ1v) is 8.30. The summed E-state index contributed by atoms with van der Waals surface area (Å²) in [5.41, 5.74) is 0.630. The summed E-state index contributed by atoms with van der Waals surface area (Å²) in [5, 5.41) is 3.53. The quantitative estimate of drug-likeness (QED) is 0.722. The van der Waals surface area contributed by atoms with E-state index in [0.717, 1.165) is 15.7 Å². The Morgan fingerprint density at radius 2 is 1.65 bits per heavy atom. The van der Waals surface area contributed by atoms with E-state index in [9.17, 15) is 14.4 Å². The molecule has 0 aliphatic carbocycles. The zero-order valence-corrected chi connectivity index (χ0v) is 14.4. The normalized spacial score (nSPS) is 11.7. The molecule has 3 aromatic rings. The van der Waals surface area contributed by atoms with Crippen LogP contribution in [0.1, 0.15) is 17.2 Å². The lowest BCUT2D eigenvalue weighted by atomic mass is 9.98. The van der Waals surface area contributed by atoms with Crippen molar-refractivity contribution in [3.8, 4) is 0 Å². The molecule has 0 unspecified atom stereocenters. The highest BCUT2D eigenvalue weighted by atomic mass is 35.5. The Bertz CT molecular complexity index is 1010. The van der Waals surface area contributed by atoms with Crippen LogP contribution in [0.3, 0.4) is 0 Å². The zero-order chi connectivity index (χ0) is 18.5. The fourth-order valence-electron chi connectivity index (χ4n) is 2.59. The third-order valence-corrected chi connectivity index (χ3v) is 4.10. The molecule has 0 aliphatic heterocycles. The highest BCUT2D eigenvalue weighted by molar-refractivity contribution is 6.30. The number of carbonyl (C=O) groups is 1. The summed E-state index contributed by atoms with van der Waals surface area (Å²) >= 11 is 5.95. The van der Waals surface area contributed by atoms with E-state index in [0.29, 0.717) is 5.02 Å². The van der Waals surface area contributed by atoms with Crippen LogP contribution in [0.5, 0.6) is 0 Å².